The first-order chi connectivity index (χ1) is 13.8. The zero-order chi connectivity index (χ0) is 19.6. The smallest absolute Gasteiger partial charge is 0.224 e. The fourth-order valence-electron chi connectivity index (χ4n) is 2.52. The van der Waals surface area contributed by atoms with Gasteiger partial charge in [0.2, 0.25) is 23.1 Å². The normalized spacial score (nSPS) is 19.7. The van der Waals surface area contributed by atoms with Crippen molar-refractivity contribution in [2.24, 2.45) is 0 Å². The van der Waals surface area contributed by atoms with E-state index in [1.807, 2.05) is 24.3 Å². The largest absolute Gasteiger partial charge is 0.487 e. The van der Waals surface area contributed by atoms with Gasteiger partial charge in [0.05, 0.1) is 26.4 Å². The summed E-state index contributed by atoms with van der Waals surface area (Å²) in [6, 6.07) is 7.36. The molecular weight excluding hydrogens is 368 g/mol. The fourth-order valence-corrected chi connectivity index (χ4v) is 2.52. The van der Waals surface area contributed by atoms with Gasteiger partial charge in [0.25, 0.3) is 0 Å². The predicted octanol–water partition coefficient (Wildman–Crippen LogP) is 1.44. The number of fused-ring (bicyclic) bond motifs is 1. The molecule has 0 fully saturated rings. The summed E-state index contributed by atoms with van der Waals surface area (Å²) in [4.78, 5) is 24.0. The molecule has 0 unspecified atom stereocenters. The van der Waals surface area contributed by atoms with E-state index in [9.17, 15) is 9.59 Å². The molecule has 1 heterocycles. The highest BCUT2D eigenvalue weighted by Crippen LogP contribution is 2.26. The van der Waals surface area contributed by atoms with Crippen LogP contribution in [0, 0.1) is 0 Å². The van der Waals surface area contributed by atoms with E-state index in [0.29, 0.717) is 37.9 Å². The lowest BCUT2D eigenvalue weighted by molar-refractivity contribution is -0.121. The van der Waals surface area contributed by atoms with E-state index in [-0.39, 0.29) is 37.9 Å². The number of allylic oxidation sites excluding steroid dienone is 2. The van der Waals surface area contributed by atoms with Crippen LogP contribution in [-0.4, -0.2) is 64.4 Å². The maximum absolute atomic E-state index is 12.0. The lowest BCUT2D eigenvalue weighted by atomic mass is 10.1. The third-order valence-corrected chi connectivity index (χ3v) is 3.81. The second-order valence-electron chi connectivity index (χ2n) is 5.79. The Kier molecular flexibility index (Phi) is 7.45. The van der Waals surface area contributed by atoms with Crippen molar-refractivity contribution in [2.45, 2.75) is 0 Å². The van der Waals surface area contributed by atoms with Crippen molar-refractivity contribution in [3.8, 4) is 11.5 Å². The maximum atomic E-state index is 12.0. The van der Waals surface area contributed by atoms with E-state index >= 15 is 0 Å². The van der Waals surface area contributed by atoms with Crippen molar-refractivity contribution in [3.63, 3.8) is 0 Å². The van der Waals surface area contributed by atoms with Gasteiger partial charge in [-0.2, -0.15) is 0 Å². The third kappa shape index (κ3) is 5.58. The number of hydrogen-bond acceptors (Lipinski definition) is 8. The zero-order valence-electron chi connectivity index (χ0n) is 15.4. The van der Waals surface area contributed by atoms with Crippen LogP contribution in [0.1, 0.15) is 0 Å². The molecule has 1 aromatic carbocycles. The molecule has 0 radical (unpaired) electrons. The Labute approximate surface area is 162 Å². The van der Waals surface area contributed by atoms with Crippen LogP contribution in [0.3, 0.4) is 0 Å². The number of rotatable bonds is 0. The first-order valence-corrected chi connectivity index (χ1v) is 9.02. The lowest BCUT2D eigenvalue weighted by Gasteiger charge is -2.17. The van der Waals surface area contributed by atoms with Crippen LogP contribution in [-0.2, 0) is 28.5 Å². The summed E-state index contributed by atoms with van der Waals surface area (Å²) in [6.07, 6.45) is 2.33. The number of benzene rings is 1. The quantitative estimate of drug-likeness (QED) is 0.615. The minimum absolute atomic E-state index is 0.102. The summed E-state index contributed by atoms with van der Waals surface area (Å²) >= 11 is 0. The summed E-state index contributed by atoms with van der Waals surface area (Å²) in [7, 11) is 0. The molecule has 0 aromatic heterocycles. The molecule has 1 aliphatic carbocycles. The number of carbonyl (C=O) groups excluding carboxylic acids is 2. The molecule has 8 heteroatoms. The van der Waals surface area contributed by atoms with Gasteiger partial charge in [-0.15, -0.1) is 0 Å². The SMILES string of the molecule is O=C1C=CC(=O)C2=C1OCCOCCOc1ccccc1OCCOCCO2. The average molecular weight is 390 g/mol. The highest BCUT2D eigenvalue weighted by Gasteiger charge is 2.26. The molecule has 0 bridgehead atoms. The van der Waals surface area contributed by atoms with E-state index in [0.717, 1.165) is 12.2 Å². The standard InChI is InChI=1S/C20H22O8/c21-15-5-6-16(22)20-19(15)27-13-9-23-7-11-25-17-3-1-2-4-18(17)26-12-8-24-10-14-28-20/h1-6H,7-14H2. The Morgan fingerprint density at radius 1 is 0.536 bits per heavy atom. The van der Waals surface area contributed by atoms with Gasteiger partial charge in [-0.3, -0.25) is 9.59 Å². The van der Waals surface area contributed by atoms with Gasteiger partial charge in [0.15, 0.2) is 11.5 Å². The van der Waals surface area contributed by atoms with Crippen molar-refractivity contribution in [1.29, 1.82) is 0 Å². The Hall–Kier alpha value is -2.84. The van der Waals surface area contributed by atoms with Crippen LogP contribution in [0.2, 0.25) is 0 Å². The minimum Gasteiger partial charge on any atom is -0.487 e. The van der Waals surface area contributed by atoms with Gasteiger partial charge in [-0.05, 0) is 24.3 Å². The summed E-state index contributed by atoms with van der Waals surface area (Å²) in [5.74, 6) is 0.201. The molecule has 0 atom stereocenters. The maximum Gasteiger partial charge on any atom is 0.224 e. The monoisotopic (exact) mass is 390 g/mol. The van der Waals surface area contributed by atoms with Gasteiger partial charge < -0.3 is 28.4 Å². The number of ketones is 2. The third-order valence-electron chi connectivity index (χ3n) is 3.81. The molecule has 2 aliphatic rings. The second kappa shape index (κ2) is 10.5. The summed E-state index contributed by atoms with van der Waals surface area (Å²) < 4.78 is 33.1. The van der Waals surface area contributed by atoms with E-state index in [2.05, 4.69) is 0 Å². The molecule has 3 rings (SSSR count). The van der Waals surface area contributed by atoms with E-state index < -0.39 is 11.6 Å². The first-order valence-electron chi connectivity index (χ1n) is 9.02. The molecule has 1 aromatic rings. The molecule has 1 aliphatic heterocycles. The topological polar surface area (TPSA) is 89.5 Å². The van der Waals surface area contributed by atoms with Gasteiger partial charge in [-0.1, -0.05) is 12.1 Å². The number of para-hydroxylation sites is 2. The van der Waals surface area contributed by atoms with Crippen molar-refractivity contribution in [3.05, 3.63) is 47.9 Å². The van der Waals surface area contributed by atoms with Crippen LogP contribution in [0.15, 0.2) is 47.9 Å². The Morgan fingerprint density at radius 3 is 1.36 bits per heavy atom. The highest BCUT2D eigenvalue weighted by atomic mass is 16.6. The Balaban J connectivity index is 1.61. The van der Waals surface area contributed by atoms with Crippen molar-refractivity contribution in [2.75, 3.05) is 52.9 Å². The summed E-state index contributed by atoms with van der Waals surface area (Å²) in [5, 5.41) is 0. The van der Waals surface area contributed by atoms with Gasteiger partial charge in [-0.25, -0.2) is 0 Å². The predicted molar refractivity (Wildman–Crippen MR) is 97.2 cm³/mol. The Morgan fingerprint density at radius 2 is 0.929 bits per heavy atom. The number of ether oxygens (including phenoxy) is 6. The van der Waals surface area contributed by atoms with Crippen LogP contribution in [0.5, 0.6) is 11.5 Å². The highest BCUT2D eigenvalue weighted by molar-refractivity contribution is 6.18. The van der Waals surface area contributed by atoms with Gasteiger partial charge in [0, 0.05) is 0 Å². The van der Waals surface area contributed by atoms with E-state index in [1.165, 1.54) is 0 Å². The number of carbonyl (C=O) groups is 2. The molecule has 8 nitrogen and oxygen atoms in total. The summed E-state index contributed by atoms with van der Waals surface area (Å²) in [5.41, 5.74) is 0. The first kappa shape index (κ1) is 19.9. The van der Waals surface area contributed by atoms with Crippen LogP contribution in [0.4, 0.5) is 0 Å². The lowest BCUT2D eigenvalue weighted by Crippen LogP contribution is -2.22. The molecule has 0 saturated carbocycles. The van der Waals surface area contributed by atoms with E-state index in [1.54, 1.807) is 0 Å². The van der Waals surface area contributed by atoms with Crippen molar-refractivity contribution < 1.29 is 38.0 Å². The van der Waals surface area contributed by atoms with Crippen LogP contribution < -0.4 is 9.47 Å². The van der Waals surface area contributed by atoms with Gasteiger partial charge >= 0.3 is 0 Å². The van der Waals surface area contributed by atoms with E-state index in [4.69, 9.17) is 28.4 Å². The second-order valence-corrected chi connectivity index (χ2v) is 5.79. The molecular formula is C20H22O8. The fraction of sp³-hybridized carbons (Fsp3) is 0.400. The van der Waals surface area contributed by atoms with Crippen molar-refractivity contribution >= 4 is 11.6 Å². The minimum atomic E-state index is -0.418. The Bertz CT molecular complexity index is 691. The molecule has 150 valence electrons. The molecule has 0 amide bonds. The molecule has 0 N–H and O–H groups in total. The van der Waals surface area contributed by atoms with Crippen LogP contribution in [0.25, 0.3) is 0 Å². The number of hydrogen-bond donors (Lipinski definition) is 0. The van der Waals surface area contributed by atoms with Crippen LogP contribution >= 0.6 is 0 Å². The molecule has 0 spiro atoms. The molecule has 0 saturated heterocycles. The average Bonchev–Trinajstić information content (AvgIpc) is 2.70. The molecule has 28 heavy (non-hydrogen) atoms. The van der Waals surface area contributed by atoms with Crippen molar-refractivity contribution in [1.82, 2.24) is 0 Å². The van der Waals surface area contributed by atoms with Gasteiger partial charge in [0.1, 0.15) is 26.4 Å². The summed E-state index contributed by atoms with van der Waals surface area (Å²) in [6.45, 7) is 1.98. The zero-order valence-corrected chi connectivity index (χ0v) is 15.4.